The molecule has 6 aromatic carbocycles. The molecule has 30 nitrogen and oxygen atoms in total. The number of carbonyl (C=O) groups is 12. The van der Waals surface area contributed by atoms with E-state index in [0.717, 1.165) is 43.8 Å². The van der Waals surface area contributed by atoms with E-state index in [1.54, 1.807) is 90.7 Å². The van der Waals surface area contributed by atoms with Crippen LogP contribution in [0.3, 0.4) is 0 Å². The molecule has 0 bridgehead atoms. The molecule has 0 aliphatic heterocycles. The normalized spacial score (nSPS) is 13.7. The molecule has 124 heavy (non-hydrogen) atoms. The molecule has 0 saturated heterocycles. The maximum Gasteiger partial charge on any atom is 0.243 e. The van der Waals surface area contributed by atoms with E-state index < -0.39 is 104 Å². The van der Waals surface area contributed by atoms with Crippen LogP contribution in [-0.4, -0.2) is 206 Å². The summed E-state index contributed by atoms with van der Waals surface area (Å²) in [5.41, 5.74) is 21.1. The number of fused-ring (bicyclic) bond motifs is 2. The fourth-order valence-corrected chi connectivity index (χ4v) is 17.2. The van der Waals surface area contributed by atoms with Crippen LogP contribution in [0.2, 0.25) is 0 Å². The Hall–Kier alpha value is -8.01. The largest absolute Gasteiger partial charge is 0.497 e. The minimum absolute atomic E-state index is 0. The fraction of sp³-hybridized carbons (Fsp3) is 0.506. The van der Waals surface area contributed by atoms with Gasteiger partial charge in [-0.3, -0.25) is 57.5 Å². The Morgan fingerprint density at radius 1 is 0.395 bits per heavy atom. The van der Waals surface area contributed by atoms with Gasteiger partial charge in [0.2, 0.25) is 47.3 Å². The molecule has 0 saturated carbocycles. The van der Waals surface area contributed by atoms with Gasteiger partial charge < -0.3 is 97.9 Å². The van der Waals surface area contributed by atoms with Gasteiger partial charge in [-0.2, -0.15) is 11.8 Å². The number of hydrogen-bond donors (Lipinski definition) is 16. The maximum atomic E-state index is 14.6. The van der Waals surface area contributed by atoms with E-state index in [0.29, 0.717) is 81.0 Å². The van der Waals surface area contributed by atoms with Gasteiger partial charge >= 0.3 is 0 Å². The molecule has 8 amide bonds. The molecule has 692 valence electrons. The average Bonchev–Trinajstić information content (AvgIpc) is 0.817. The van der Waals surface area contributed by atoms with Crippen LogP contribution in [0.1, 0.15) is 153 Å². The second-order valence-corrected chi connectivity index (χ2v) is 35.4. The number of unbranched alkanes of at least 4 members (excludes halogenated alkanes) is 2. The SMILES string of the molecule is CN.CN.CN[C@@H](CSCC[C@H](NC(C)=O)C(C)=O)C(=O)N[C@@H](Cc1ccc(OC)cc1)C(=O)N[C@@H](Cc1ccc2ccccc2c1)C(=O)N[C@@](C)(CCCCN)C(C)=O.CN[C@H](C(=O)N[C@@H](Cc1ccc(OC)cc1)C(=O)N[C@@H](Cc1ccc2ccccc2c1)C(=O)N[C@@](C)(CCCCN)C(C)=O)C(C)(C)SSC(C)(C)[C@H](NC(C)=O)C(C)=O.N.N.[3HH].[3HH].[W].[W]. The number of rotatable bonds is 48. The van der Waals surface area contributed by atoms with Gasteiger partial charge in [0.15, 0.2) is 23.1 Å². The van der Waals surface area contributed by atoms with Crippen LogP contribution in [-0.2, 0) is 125 Å². The summed E-state index contributed by atoms with van der Waals surface area (Å²) in [5, 5.41) is 33.1. The van der Waals surface area contributed by atoms with Crippen LogP contribution in [0.25, 0.3) is 21.5 Å². The van der Waals surface area contributed by atoms with Crippen molar-refractivity contribution in [3.63, 3.8) is 0 Å². The number of hydrogen-bond acceptors (Lipinski definition) is 25. The zero-order valence-corrected chi connectivity index (χ0v) is 83.7. The van der Waals surface area contributed by atoms with Crippen LogP contribution in [0.4, 0.5) is 0 Å². The number of benzene rings is 6. The molecule has 0 aromatic heterocycles. The molecule has 0 fully saturated rings. The molecule has 35 heteroatoms. The Labute approximate surface area is 777 Å². The van der Waals surface area contributed by atoms with Crippen molar-refractivity contribution in [1.29, 1.82) is 0 Å². The van der Waals surface area contributed by atoms with Gasteiger partial charge in [-0.1, -0.05) is 131 Å². The van der Waals surface area contributed by atoms with E-state index in [1.165, 1.54) is 89.0 Å². The second kappa shape index (κ2) is 59.9. The Kier molecular flexibility index (Phi) is 57.0. The van der Waals surface area contributed by atoms with Gasteiger partial charge in [0, 0.05) is 99.8 Å². The number of carbonyl (C=O) groups excluding carboxylic acids is 12. The van der Waals surface area contributed by atoms with Gasteiger partial charge in [-0.25, -0.2) is 0 Å². The smallest absolute Gasteiger partial charge is 0.243 e. The van der Waals surface area contributed by atoms with Crippen molar-refractivity contribution in [3.05, 3.63) is 156 Å². The predicted octanol–water partition coefficient (Wildman–Crippen LogP) is 7.78. The summed E-state index contributed by atoms with van der Waals surface area (Å²) in [7, 11) is 12.2. The number of thioether (sulfide) groups is 1. The molecule has 0 radical (unpaired) electrons. The molecule has 0 spiro atoms. The Balaban J connectivity index is -0.00000109. The van der Waals surface area contributed by atoms with E-state index in [2.05, 4.69) is 64.6 Å². The standard InChI is InChI=1S/C45H64N6O7S2.C42H58N6O7S.2CH5N.2H3N.2W.2H2/c1-28(52)38(48-30(3)54)43(4,5)59-60-44(6,7)39(47-9)42(57)50-36(26-31-18-21-35(58-10)22-19-31)40(55)49-37(27-32-17-20-33-15-11-12-16-34(33)25-32)41(56)51-45(8,29(2)53)23-13-14-24-46;1-27(49)35(45-29(3)51)19-22-56-26-38(44-5)40(53)46-36(24-30-14-17-34(55-6)18-15-30)39(52)47-37(25-31-13-16-32-11-7-8-12-33(32)23-31)41(54)48-42(4,28(2)50)20-9-10-21-43;2*1-2;;;;;;/h11-12,15-22,25,36-39,47H,13-14,23-24,26-27,46H2,1-10H3,(H,48,54)(H,49,55)(H,50,57)(H,51,56);7-8,11-18,23,35-38,44H,9-10,19-22,24-26,43H2,1-6H3,(H,45,51)(H,46,53)(H,47,52)(H,48,54);2*2H2,1H3;2*1H3;;;2*1H/t36-,37-,38+,39+,45-;35-,36-,37-,38-,42-;;;;;;;;/m00......../s1/i;;;;;;;;2*1+2. The molecule has 6 rings (SSSR count). The quantitative estimate of drug-likeness (QED) is 0.0128. The van der Waals surface area contributed by atoms with E-state index >= 15 is 0 Å². The van der Waals surface area contributed by atoms with Crippen molar-refractivity contribution in [2.75, 3.05) is 67.0 Å². The van der Waals surface area contributed by atoms with E-state index in [4.69, 9.17) is 20.9 Å². The molecule has 0 aliphatic carbocycles. The molecule has 6 aromatic rings. The van der Waals surface area contributed by atoms with Crippen LogP contribution >= 0.6 is 33.3 Å². The van der Waals surface area contributed by atoms with Gasteiger partial charge in [-0.15, -0.1) is 0 Å². The van der Waals surface area contributed by atoms with Gasteiger partial charge in [0.25, 0.3) is 0 Å². The number of nitrogens with one attached hydrogen (secondary N) is 10. The molecule has 0 heterocycles. The van der Waals surface area contributed by atoms with Gasteiger partial charge in [-0.05, 0) is 229 Å². The third kappa shape index (κ3) is 39.5. The number of ether oxygens (including phenoxy) is 2. The monoisotopic (exact) mass is 2130 g/mol. The first-order valence-electron chi connectivity index (χ1n) is 40.3. The summed E-state index contributed by atoms with van der Waals surface area (Å²) in [5.74, 6) is -2.46. The minimum atomic E-state index is -1.20. The molecule has 24 N–H and O–H groups in total. The molecule has 0 aliphatic rings. The van der Waals surface area contributed by atoms with Crippen molar-refractivity contribution < 1.29 is 112 Å². The summed E-state index contributed by atoms with van der Waals surface area (Å²) >= 11 is 1.43. The van der Waals surface area contributed by atoms with Crippen LogP contribution < -0.4 is 97.9 Å². The summed E-state index contributed by atoms with van der Waals surface area (Å²) in [6.45, 7) is 20.2. The fourth-order valence-electron chi connectivity index (χ4n) is 13.1. The Morgan fingerprint density at radius 2 is 0.734 bits per heavy atom. The molecule has 10 atom stereocenters. The van der Waals surface area contributed by atoms with Crippen molar-refractivity contribution >= 4 is 125 Å². The average molecular weight is 2130 g/mol. The maximum absolute atomic E-state index is 14.6. The number of ketones is 4. The third-order valence-electron chi connectivity index (χ3n) is 20.4. The van der Waals surface area contributed by atoms with Crippen LogP contribution in [0.15, 0.2) is 133 Å². The first-order chi connectivity index (χ1) is 56.8. The van der Waals surface area contributed by atoms with E-state index in [-0.39, 0.29) is 118 Å². The zero-order valence-electron chi connectivity index (χ0n) is 75.4. The van der Waals surface area contributed by atoms with Crippen molar-refractivity contribution in [3.8, 4) is 11.5 Å². The Bertz CT molecular complexity index is 4360. The molecule has 0 unspecified atom stereocenters. The summed E-state index contributed by atoms with van der Waals surface area (Å²) < 4.78 is 9.09. The molecular weight excluding hydrogens is 1980 g/mol. The number of nitrogens with two attached hydrogens (primary N) is 4. The molecular formula is C89H142N16O14S3W2. The minimum Gasteiger partial charge on any atom is -0.497 e. The van der Waals surface area contributed by atoms with E-state index in [1.807, 2.05) is 113 Å². The van der Waals surface area contributed by atoms with Crippen molar-refractivity contribution in [2.45, 2.75) is 223 Å². The summed E-state index contributed by atoms with van der Waals surface area (Å²) in [4.78, 5) is 159. The Morgan fingerprint density at radius 3 is 1.06 bits per heavy atom. The van der Waals surface area contributed by atoms with Crippen molar-refractivity contribution in [2.24, 2.45) is 22.9 Å². The first-order valence-corrected chi connectivity index (χ1v) is 43.6. The van der Waals surface area contributed by atoms with Crippen LogP contribution in [0, 0.1) is 0 Å². The van der Waals surface area contributed by atoms with Crippen molar-refractivity contribution in [1.82, 2.24) is 65.5 Å². The number of amides is 8. The number of likely N-dealkylation sites (N-methyl/N-ethyl adjacent to an activating group) is 2. The number of Topliss-reactive ketones (excluding diaryl/α,β-unsaturated/α-hetero) is 4. The van der Waals surface area contributed by atoms with Gasteiger partial charge in [0.1, 0.15) is 47.8 Å². The first kappa shape index (κ1) is 118. The zero-order chi connectivity index (χ0) is 90.1. The predicted molar refractivity (Wildman–Crippen MR) is 499 cm³/mol. The van der Waals surface area contributed by atoms with Crippen LogP contribution in [0.5, 0.6) is 11.5 Å². The third-order valence-corrected chi connectivity index (χ3v) is 25.7. The van der Waals surface area contributed by atoms with Gasteiger partial charge in [0.05, 0.1) is 37.4 Å². The second-order valence-electron chi connectivity index (χ2n) is 30.8. The van der Waals surface area contributed by atoms with E-state index in [9.17, 15) is 57.5 Å². The summed E-state index contributed by atoms with van der Waals surface area (Å²) in [6.07, 6.45) is 4.18. The number of methoxy groups -OCH3 is 2. The topological polar surface area (TPSA) is 518 Å². The summed E-state index contributed by atoms with van der Waals surface area (Å²) in [6, 6.07) is 34.2.